The SMILES string of the molecule is CC(=O)Nc1ccc(NC(=O)CCn2c(-c3cccc(C)c3)n[nH]c2=S)cc1Cl. The summed E-state index contributed by atoms with van der Waals surface area (Å²) >= 11 is 11.5. The van der Waals surface area contributed by atoms with Gasteiger partial charge in [0.15, 0.2) is 10.6 Å². The third-order valence-corrected chi connectivity index (χ3v) is 4.78. The smallest absolute Gasteiger partial charge is 0.226 e. The topological polar surface area (TPSA) is 91.8 Å². The van der Waals surface area contributed by atoms with Gasteiger partial charge in [0.25, 0.3) is 0 Å². The number of hydrogen-bond acceptors (Lipinski definition) is 4. The Morgan fingerprint density at radius 3 is 2.69 bits per heavy atom. The molecule has 0 atom stereocenters. The van der Waals surface area contributed by atoms with Crippen molar-refractivity contribution >= 4 is 47.0 Å². The fourth-order valence-corrected chi connectivity index (χ4v) is 3.30. The lowest BCUT2D eigenvalue weighted by atomic mass is 10.1. The van der Waals surface area contributed by atoms with Gasteiger partial charge < -0.3 is 10.6 Å². The molecule has 9 heteroatoms. The minimum atomic E-state index is -0.218. The molecule has 0 aliphatic carbocycles. The van der Waals surface area contributed by atoms with Crippen molar-refractivity contribution in [2.45, 2.75) is 26.8 Å². The van der Waals surface area contributed by atoms with Gasteiger partial charge in [0.1, 0.15) is 0 Å². The number of rotatable bonds is 6. The van der Waals surface area contributed by atoms with Crippen molar-refractivity contribution in [1.29, 1.82) is 0 Å². The predicted molar refractivity (Wildman–Crippen MR) is 117 cm³/mol. The van der Waals surface area contributed by atoms with Gasteiger partial charge in [-0.2, -0.15) is 5.10 Å². The number of carbonyl (C=O) groups is 2. The Labute approximate surface area is 178 Å². The summed E-state index contributed by atoms with van der Waals surface area (Å²) in [6.07, 6.45) is 0.206. The molecule has 1 aromatic heterocycles. The first-order valence-corrected chi connectivity index (χ1v) is 9.71. The molecule has 29 heavy (non-hydrogen) atoms. The van der Waals surface area contributed by atoms with E-state index in [2.05, 4.69) is 20.8 Å². The van der Waals surface area contributed by atoms with Gasteiger partial charge in [-0.3, -0.25) is 19.3 Å². The van der Waals surface area contributed by atoms with Crippen LogP contribution in [0.1, 0.15) is 18.9 Å². The second kappa shape index (κ2) is 9.02. The molecule has 0 unspecified atom stereocenters. The van der Waals surface area contributed by atoms with Gasteiger partial charge in [-0.15, -0.1) is 0 Å². The van der Waals surface area contributed by atoms with Gasteiger partial charge in [0, 0.05) is 31.1 Å². The maximum Gasteiger partial charge on any atom is 0.226 e. The van der Waals surface area contributed by atoms with E-state index in [0.29, 0.717) is 33.5 Å². The van der Waals surface area contributed by atoms with Crippen LogP contribution in [0.2, 0.25) is 5.02 Å². The van der Waals surface area contributed by atoms with Crippen LogP contribution in [0.15, 0.2) is 42.5 Å². The number of aryl methyl sites for hydroxylation is 1. The lowest BCUT2D eigenvalue weighted by molar-refractivity contribution is -0.116. The number of aromatic amines is 1. The maximum atomic E-state index is 12.4. The summed E-state index contributed by atoms with van der Waals surface area (Å²) in [5.74, 6) is 0.283. The van der Waals surface area contributed by atoms with Crippen molar-refractivity contribution in [3.05, 3.63) is 57.8 Å². The Bertz CT molecular complexity index is 1120. The summed E-state index contributed by atoms with van der Waals surface area (Å²) in [6.45, 7) is 3.78. The minimum Gasteiger partial charge on any atom is -0.326 e. The highest BCUT2D eigenvalue weighted by molar-refractivity contribution is 7.71. The first-order valence-electron chi connectivity index (χ1n) is 8.92. The molecule has 1 heterocycles. The summed E-state index contributed by atoms with van der Waals surface area (Å²) in [5, 5.41) is 12.9. The number of benzene rings is 2. The van der Waals surface area contributed by atoms with E-state index in [9.17, 15) is 9.59 Å². The quantitative estimate of drug-likeness (QED) is 0.501. The predicted octanol–water partition coefficient (Wildman–Crippen LogP) is 4.56. The van der Waals surface area contributed by atoms with E-state index in [4.69, 9.17) is 23.8 Å². The highest BCUT2D eigenvalue weighted by Crippen LogP contribution is 2.25. The van der Waals surface area contributed by atoms with E-state index in [1.165, 1.54) is 6.92 Å². The minimum absolute atomic E-state index is 0.188. The van der Waals surface area contributed by atoms with E-state index in [1.54, 1.807) is 22.8 Å². The maximum absolute atomic E-state index is 12.4. The average Bonchev–Trinajstić information content (AvgIpc) is 3.02. The highest BCUT2D eigenvalue weighted by atomic mass is 35.5. The van der Waals surface area contributed by atoms with Crippen LogP contribution >= 0.6 is 23.8 Å². The van der Waals surface area contributed by atoms with Crippen molar-refractivity contribution in [3.8, 4) is 11.4 Å². The van der Waals surface area contributed by atoms with Gasteiger partial charge in [-0.05, 0) is 43.4 Å². The van der Waals surface area contributed by atoms with Crippen LogP contribution in [0.3, 0.4) is 0 Å². The van der Waals surface area contributed by atoms with Gasteiger partial charge in [0.2, 0.25) is 11.8 Å². The molecule has 150 valence electrons. The van der Waals surface area contributed by atoms with E-state index < -0.39 is 0 Å². The number of aromatic nitrogens is 3. The molecule has 3 N–H and O–H groups in total. The second-order valence-electron chi connectivity index (χ2n) is 6.55. The number of halogens is 1. The van der Waals surface area contributed by atoms with Crippen molar-refractivity contribution in [3.63, 3.8) is 0 Å². The van der Waals surface area contributed by atoms with E-state index in [1.807, 2.05) is 31.2 Å². The lowest BCUT2D eigenvalue weighted by Gasteiger charge is -2.10. The first-order chi connectivity index (χ1) is 13.8. The van der Waals surface area contributed by atoms with Crippen LogP contribution in [0.25, 0.3) is 11.4 Å². The monoisotopic (exact) mass is 429 g/mol. The summed E-state index contributed by atoms with van der Waals surface area (Å²) in [4.78, 5) is 23.5. The first kappa shape index (κ1) is 20.8. The van der Waals surface area contributed by atoms with Gasteiger partial charge >= 0.3 is 0 Å². The third kappa shape index (κ3) is 5.30. The zero-order chi connectivity index (χ0) is 21.0. The van der Waals surface area contributed by atoms with Crippen molar-refractivity contribution in [2.24, 2.45) is 0 Å². The number of amides is 2. The number of anilines is 2. The number of nitrogens with one attached hydrogen (secondary N) is 3. The molecule has 2 aromatic carbocycles. The van der Waals surface area contributed by atoms with Crippen molar-refractivity contribution in [2.75, 3.05) is 10.6 Å². The number of H-pyrrole nitrogens is 1. The molecule has 0 bridgehead atoms. The number of carbonyl (C=O) groups excluding carboxylic acids is 2. The van der Waals surface area contributed by atoms with Crippen molar-refractivity contribution < 1.29 is 9.59 Å². The Morgan fingerprint density at radius 1 is 1.21 bits per heavy atom. The molecule has 0 radical (unpaired) electrons. The molecule has 0 spiro atoms. The largest absolute Gasteiger partial charge is 0.326 e. The standard InChI is InChI=1S/C20H20ClN5O2S/c1-12-4-3-5-14(10-12)19-24-25-20(29)26(19)9-8-18(28)23-15-6-7-17(16(21)11-15)22-13(2)27/h3-7,10-11H,8-9H2,1-2H3,(H,22,27)(H,23,28)(H,25,29). The zero-order valence-corrected chi connectivity index (χ0v) is 17.5. The molecule has 0 saturated heterocycles. The van der Waals surface area contributed by atoms with E-state index in [-0.39, 0.29) is 18.2 Å². The average molecular weight is 430 g/mol. The summed E-state index contributed by atoms with van der Waals surface area (Å²) in [5.41, 5.74) is 3.08. The van der Waals surface area contributed by atoms with Gasteiger partial charge in [-0.1, -0.05) is 35.4 Å². The molecular weight excluding hydrogens is 410 g/mol. The van der Waals surface area contributed by atoms with Crippen LogP contribution in [0.5, 0.6) is 0 Å². The molecule has 7 nitrogen and oxygen atoms in total. The molecule has 2 amide bonds. The van der Waals surface area contributed by atoms with Crippen LogP contribution in [-0.4, -0.2) is 26.6 Å². The highest BCUT2D eigenvalue weighted by Gasteiger charge is 2.12. The summed E-state index contributed by atoms with van der Waals surface area (Å²) < 4.78 is 2.26. The Hall–Kier alpha value is -2.97. The summed E-state index contributed by atoms with van der Waals surface area (Å²) in [7, 11) is 0. The fraction of sp³-hybridized carbons (Fsp3) is 0.200. The fourth-order valence-electron chi connectivity index (χ4n) is 2.85. The lowest BCUT2D eigenvalue weighted by Crippen LogP contribution is -2.15. The molecule has 0 aliphatic heterocycles. The molecular formula is C20H20ClN5O2S. The van der Waals surface area contributed by atoms with Crippen LogP contribution in [0, 0.1) is 11.7 Å². The zero-order valence-electron chi connectivity index (χ0n) is 16.0. The Kier molecular flexibility index (Phi) is 6.46. The molecule has 3 aromatic rings. The van der Waals surface area contributed by atoms with Crippen LogP contribution in [0.4, 0.5) is 11.4 Å². The molecule has 0 aliphatic rings. The number of nitrogens with zero attached hydrogens (tertiary/aromatic N) is 2. The summed E-state index contributed by atoms with van der Waals surface area (Å²) in [6, 6.07) is 12.8. The van der Waals surface area contributed by atoms with Gasteiger partial charge in [-0.25, -0.2) is 0 Å². The van der Waals surface area contributed by atoms with E-state index in [0.717, 1.165) is 11.1 Å². The van der Waals surface area contributed by atoms with Gasteiger partial charge in [0.05, 0.1) is 10.7 Å². The Balaban J connectivity index is 1.67. The third-order valence-electron chi connectivity index (χ3n) is 4.16. The normalized spacial score (nSPS) is 10.6. The second-order valence-corrected chi connectivity index (χ2v) is 7.34. The molecule has 3 rings (SSSR count). The van der Waals surface area contributed by atoms with Crippen LogP contribution < -0.4 is 10.6 Å². The number of hydrogen-bond donors (Lipinski definition) is 3. The molecule has 0 fully saturated rings. The molecule has 0 saturated carbocycles. The Morgan fingerprint density at radius 2 is 2.00 bits per heavy atom. The van der Waals surface area contributed by atoms with Crippen LogP contribution in [-0.2, 0) is 16.1 Å². The van der Waals surface area contributed by atoms with Crippen molar-refractivity contribution in [1.82, 2.24) is 14.8 Å². The van der Waals surface area contributed by atoms with E-state index >= 15 is 0 Å².